The van der Waals surface area contributed by atoms with E-state index in [1.165, 1.54) is 0 Å². The van der Waals surface area contributed by atoms with Crippen molar-refractivity contribution in [3.05, 3.63) is 69.9 Å². The van der Waals surface area contributed by atoms with Crippen molar-refractivity contribution in [2.75, 3.05) is 43.6 Å². The highest BCUT2D eigenvalue weighted by atomic mass is 127. The van der Waals surface area contributed by atoms with E-state index in [-0.39, 0.29) is 17.7 Å². The zero-order chi connectivity index (χ0) is 22.4. The number of anilines is 1. The molecule has 1 unspecified atom stereocenters. The smallest absolute Gasteiger partial charge is 0.362 e. The number of benzene rings is 1. The first kappa shape index (κ1) is 23.0. The summed E-state index contributed by atoms with van der Waals surface area (Å²) in [7, 11) is 5.80. The van der Waals surface area contributed by atoms with Gasteiger partial charge in [-0.05, 0) is 43.5 Å². The summed E-state index contributed by atoms with van der Waals surface area (Å²) in [5.74, 6) is -0.207. The van der Waals surface area contributed by atoms with Crippen molar-refractivity contribution in [1.29, 1.82) is 0 Å². The third-order valence-corrected chi connectivity index (χ3v) is 5.37. The van der Waals surface area contributed by atoms with Crippen LogP contribution >= 0.6 is 22.6 Å². The first-order valence-corrected chi connectivity index (χ1v) is 11.3. The van der Waals surface area contributed by atoms with Gasteiger partial charge in [0.1, 0.15) is 17.8 Å². The van der Waals surface area contributed by atoms with Gasteiger partial charge in [0, 0.05) is 38.0 Å². The first-order chi connectivity index (χ1) is 14.9. The van der Waals surface area contributed by atoms with Crippen molar-refractivity contribution in [1.82, 2.24) is 9.88 Å². The number of aromatic nitrogens is 1. The number of alkyl halides is 1. The fourth-order valence-corrected chi connectivity index (χ4v) is 3.13. The first-order valence-electron chi connectivity index (χ1n) is 9.74. The van der Waals surface area contributed by atoms with Gasteiger partial charge in [0.25, 0.3) is 0 Å². The number of hydrogen-bond acceptors (Lipinski definition) is 7. The van der Waals surface area contributed by atoms with Gasteiger partial charge in [-0.3, -0.25) is 9.69 Å². The average Bonchev–Trinajstić information content (AvgIpc) is 2.77. The van der Waals surface area contributed by atoms with Gasteiger partial charge in [0.2, 0.25) is 0 Å². The molecule has 1 heterocycles. The number of carbonyl (C=O) groups excluding carboxylic acids is 1. The number of rotatable bonds is 8. The van der Waals surface area contributed by atoms with E-state index < -0.39 is 5.63 Å². The van der Waals surface area contributed by atoms with Gasteiger partial charge in [-0.2, -0.15) is 0 Å². The summed E-state index contributed by atoms with van der Waals surface area (Å²) in [5, 5.41) is 0. The van der Waals surface area contributed by atoms with Crippen LogP contribution in [0, 0.1) is 0 Å². The number of likely N-dealkylation sites (N-methyl/N-ethyl adjacent to an activating group) is 1. The largest absolute Gasteiger partial charge is 0.464 e. The minimum Gasteiger partial charge on any atom is -0.464 e. The molecule has 2 aromatic rings. The van der Waals surface area contributed by atoms with E-state index >= 15 is 0 Å². The Bertz CT molecular complexity index is 1140. The molecule has 1 atom stereocenters. The second-order valence-corrected chi connectivity index (χ2v) is 7.98. The Kier molecular flexibility index (Phi) is 7.84. The van der Waals surface area contributed by atoms with Crippen molar-refractivity contribution in [2.45, 2.75) is 6.04 Å². The van der Waals surface area contributed by atoms with Gasteiger partial charge in [0.15, 0.2) is 5.58 Å². The summed E-state index contributed by atoms with van der Waals surface area (Å²) in [6, 6.07) is 5.62. The second kappa shape index (κ2) is 10.6. The van der Waals surface area contributed by atoms with Crippen molar-refractivity contribution in [3.63, 3.8) is 0 Å². The molecular weight excluding hydrogens is 509 g/mol. The molecule has 31 heavy (non-hydrogen) atoms. The maximum atomic E-state index is 12.3. The van der Waals surface area contributed by atoms with E-state index in [0.29, 0.717) is 28.7 Å². The number of allylic oxidation sites excluding steroid dienone is 2. The summed E-state index contributed by atoms with van der Waals surface area (Å²) in [6.45, 7) is 0.977. The third-order valence-electron chi connectivity index (χ3n) is 4.75. The van der Waals surface area contributed by atoms with E-state index in [1.807, 2.05) is 79.0 Å². The van der Waals surface area contributed by atoms with Gasteiger partial charge in [-0.15, -0.1) is 5.73 Å². The van der Waals surface area contributed by atoms with Crippen LogP contribution < -0.4 is 10.5 Å². The van der Waals surface area contributed by atoms with Crippen LogP contribution in [0.15, 0.2) is 63.0 Å². The summed E-state index contributed by atoms with van der Waals surface area (Å²) < 4.78 is 10.9. The molecule has 0 amide bonds. The van der Waals surface area contributed by atoms with Crippen LogP contribution in [0.2, 0.25) is 0 Å². The quantitative estimate of drug-likeness (QED) is 0.223. The van der Waals surface area contributed by atoms with E-state index in [9.17, 15) is 9.59 Å². The Morgan fingerprint density at radius 3 is 2.81 bits per heavy atom. The van der Waals surface area contributed by atoms with E-state index in [2.05, 4.69) is 15.6 Å². The van der Waals surface area contributed by atoms with Gasteiger partial charge in [-0.1, -0.05) is 28.7 Å². The van der Waals surface area contributed by atoms with Crippen LogP contribution in [0.1, 0.15) is 5.69 Å². The maximum Gasteiger partial charge on any atom is 0.362 e. The van der Waals surface area contributed by atoms with Crippen LogP contribution in [-0.2, 0) is 9.53 Å². The summed E-state index contributed by atoms with van der Waals surface area (Å²) in [4.78, 5) is 31.9. The van der Waals surface area contributed by atoms with Crippen LogP contribution in [-0.4, -0.2) is 60.6 Å². The number of ether oxygens (including phenoxy) is 1. The standard InChI is InChI=1S/C23H24IN3O4/c1-26(2)18-9-11-19-21(14-18)31-23(29)20(25-19)10-6-16-4-7-17(8-5-16)27(3)12-13-30-22(28)15-24/h4,6-11,14,17H,12-13,15H2,1-3H3/b10-6+. The van der Waals surface area contributed by atoms with Gasteiger partial charge in [0.05, 0.1) is 10.5 Å². The predicted octanol–water partition coefficient (Wildman–Crippen LogP) is 3.20. The molecule has 0 radical (unpaired) electrons. The molecule has 1 aliphatic rings. The number of fused-ring (bicyclic) bond motifs is 1. The molecule has 0 saturated carbocycles. The van der Waals surface area contributed by atoms with Crippen molar-refractivity contribution in [3.8, 4) is 0 Å². The second-order valence-electron chi connectivity index (χ2n) is 7.22. The lowest BCUT2D eigenvalue weighted by molar-refractivity contribution is -0.140. The minimum absolute atomic E-state index is 0.0604. The molecule has 162 valence electrons. The number of nitrogens with zero attached hydrogens (tertiary/aromatic N) is 3. The molecule has 7 nitrogen and oxygen atoms in total. The molecule has 0 N–H and O–H groups in total. The molecule has 0 spiro atoms. The molecule has 0 saturated heterocycles. The number of hydrogen-bond donors (Lipinski definition) is 0. The fraction of sp³-hybridized carbons (Fsp3) is 0.304. The highest BCUT2D eigenvalue weighted by Crippen LogP contribution is 2.19. The molecule has 1 aromatic heterocycles. The maximum absolute atomic E-state index is 12.3. The number of carbonyl (C=O) groups is 1. The Hall–Kier alpha value is -2.68. The molecule has 8 heteroatoms. The molecular formula is C23H24IN3O4. The van der Waals surface area contributed by atoms with Crippen molar-refractivity contribution < 1.29 is 13.9 Å². The lowest BCUT2D eigenvalue weighted by Crippen LogP contribution is -2.32. The Morgan fingerprint density at radius 1 is 1.32 bits per heavy atom. The van der Waals surface area contributed by atoms with Crippen molar-refractivity contribution in [2.24, 2.45) is 0 Å². The van der Waals surface area contributed by atoms with E-state index in [4.69, 9.17) is 9.15 Å². The highest BCUT2D eigenvalue weighted by molar-refractivity contribution is 14.1. The third kappa shape index (κ3) is 6.16. The van der Waals surface area contributed by atoms with Crippen LogP contribution in [0.4, 0.5) is 5.69 Å². The average molecular weight is 533 g/mol. The molecule has 1 aromatic carbocycles. The Morgan fingerprint density at radius 2 is 2.13 bits per heavy atom. The number of halogens is 1. The zero-order valence-electron chi connectivity index (χ0n) is 17.7. The lowest BCUT2D eigenvalue weighted by Gasteiger charge is -2.23. The van der Waals surface area contributed by atoms with Crippen LogP contribution in [0.5, 0.6) is 0 Å². The molecule has 0 aliphatic heterocycles. The van der Waals surface area contributed by atoms with Gasteiger partial charge in [-0.25, -0.2) is 9.78 Å². The summed E-state index contributed by atoms with van der Waals surface area (Å²) in [6.07, 6.45) is 9.30. The molecule has 3 rings (SSSR count). The van der Waals surface area contributed by atoms with Gasteiger partial charge < -0.3 is 14.1 Å². The van der Waals surface area contributed by atoms with Crippen LogP contribution in [0.25, 0.3) is 17.2 Å². The molecule has 1 aliphatic carbocycles. The number of esters is 1. The minimum atomic E-state index is -0.484. The summed E-state index contributed by atoms with van der Waals surface area (Å²) >= 11 is 1.98. The van der Waals surface area contributed by atoms with Crippen LogP contribution in [0.3, 0.4) is 0 Å². The van der Waals surface area contributed by atoms with Gasteiger partial charge >= 0.3 is 11.6 Å². The SMILES string of the molecule is CN(C)c1ccc2nc(/C=C/C3=C=CC(N(C)CCOC(=O)CI)C=C3)c(=O)oc2c1. The summed E-state index contributed by atoms with van der Waals surface area (Å²) in [5.41, 5.74) is 5.81. The zero-order valence-corrected chi connectivity index (χ0v) is 19.8. The monoisotopic (exact) mass is 533 g/mol. The van der Waals surface area contributed by atoms with Crippen molar-refractivity contribution >= 4 is 51.4 Å². The molecule has 0 bridgehead atoms. The normalized spacial score (nSPS) is 15.6. The fourth-order valence-electron chi connectivity index (χ4n) is 2.91. The van der Waals surface area contributed by atoms with E-state index in [1.54, 1.807) is 18.2 Å². The lowest BCUT2D eigenvalue weighted by atomic mass is 10.1. The predicted molar refractivity (Wildman–Crippen MR) is 131 cm³/mol. The highest BCUT2D eigenvalue weighted by Gasteiger charge is 2.11. The Balaban J connectivity index is 1.68. The van der Waals surface area contributed by atoms with E-state index in [0.717, 1.165) is 11.3 Å². The molecule has 0 fully saturated rings. The Labute approximate surface area is 194 Å². The topological polar surface area (TPSA) is 75.9 Å².